The lowest BCUT2D eigenvalue weighted by atomic mass is 9.88. The van der Waals surface area contributed by atoms with Crippen LogP contribution in [0.3, 0.4) is 0 Å². The standard InChI is InChI=1S/C15H22N2O8.C13H20N2O8.C10H16N2O8S/c1-10(3-5-12(16(22)23)8-14(18)19)7-11(2)4-6-13(17(24)25)9-15(20)21;1-8(3-4-10(14(20)21)6-12(16)17)5-9(2)11(15(22)23)7-13(18)19;1-5(7(11(17)18)3-9(13)14)21-6(2)8(12(19)20)4-10(15)16/h5-6,10-11H,3-4,7-9H2,1-2H3,(H,18,19)(H,20,21);4,8-9,11H,3,5-7H2,1-2H3,(H,16,17)(H,18,19);5-8H,3-4H2,1-2H3,(H,13,14)(H,15,16)/b12-5-,13-6-;10-4-;. The van der Waals surface area contributed by atoms with Crippen molar-refractivity contribution in [3.05, 3.63) is 96.0 Å². The van der Waals surface area contributed by atoms with E-state index in [0.717, 1.165) is 11.8 Å². The molecule has 30 nitrogen and oxygen atoms in total. The summed E-state index contributed by atoms with van der Waals surface area (Å²) < 4.78 is 0. The Balaban J connectivity index is -0.000000951. The Morgan fingerprint density at radius 3 is 0.884 bits per heavy atom. The SMILES string of the molecule is CC(C/C=C(/CC(=O)O)[N+](=O)[O-])CC(C)C(CC(=O)O)[N+](=O)[O-].CC(C/C=C(/CC(=O)O)[N+](=O)[O-])CC(C)C/C=C(/CC(=O)O)[N+](=O)[O-].CC(SC(C)C(CC(=O)O)[N+](=O)[O-])C(CC(=O)O)[N+](=O)[O-]. The molecule has 0 aliphatic carbocycles. The molecule has 0 aliphatic rings. The average Bonchev–Trinajstić information content (AvgIpc) is 3.18. The van der Waals surface area contributed by atoms with Gasteiger partial charge in [0.1, 0.15) is 38.5 Å². The Morgan fingerprint density at radius 2 is 0.667 bits per heavy atom. The van der Waals surface area contributed by atoms with Gasteiger partial charge in [0, 0.05) is 20.7 Å². The van der Waals surface area contributed by atoms with E-state index >= 15 is 0 Å². The maximum absolute atomic E-state index is 10.9. The molecule has 0 aromatic heterocycles. The van der Waals surface area contributed by atoms with Crippen LogP contribution >= 0.6 is 11.8 Å². The molecule has 0 aromatic rings. The fraction of sp³-hybridized carbons (Fsp3) is 0.684. The third kappa shape index (κ3) is 33.0. The molecule has 390 valence electrons. The first-order valence-corrected chi connectivity index (χ1v) is 21.4. The van der Waals surface area contributed by atoms with E-state index in [1.54, 1.807) is 13.8 Å². The molecule has 69 heavy (non-hydrogen) atoms. The second-order valence-corrected chi connectivity index (χ2v) is 17.7. The summed E-state index contributed by atoms with van der Waals surface area (Å²) in [6, 6.07) is -4.02. The van der Waals surface area contributed by atoms with Crippen molar-refractivity contribution in [3.63, 3.8) is 0 Å². The first-order valence-electron chi connectivity index (χ1n) is 20.5. The molecule has 9 unspecified atom stereocenters. The number of hydrogen-bond acceptors (Lipinski definition) is 19. The van der Waals surface area contributed by atoms with Crippen molar-refractivity contribution in [1.29, 1.82) is 0 Å². The van der Waals surface area contributed by atoms with Crippen LogP contribution in [0, 0.1) is 84.4 Å². The second-order valence-electron chi connectivity index (χ2n) is 15.9. The molecular weight excluding hydrogens is 957 g/mol. The summed E-state index contributed by atoms with van der Waals surface area (Å²) in [5.74, 6) is -8.52. The summed E-state index contributed by atoms with van der Waals surface area (Å²) in [7, 11) is 0. The van der Waals surface area contributed by atoms with Crippen LogP contribution in [0.15, 0.2) is 35.3 Å². The predicted octanol–water partition coefficient (Wildman–Crippen LogP) is 5.23. The number of aliphatic carboxylic acids is 6. The Labute approximate surface area is 396 Å². The lowest BCUT2D eigenvalue weighted by molar-refractivity contribution is -0.531. The highest BCUT2D eigenvalue weighted by molar-refractivity contribution is 8.00. The van der Waals surface area contributed by atoms with E-state index in [9.17, 15) is 89.5 Å². The first kappa shape index (κ1) is 66.1. The van der Waals surface area contributed by atoms with E-state index in [-0.39, 0.29) is 35.6 Å². The van der Waals surface area contributed by atoms with E-state index in [1.165, 1.54) is 32.1 Å². The minimum Gasteiger partial charge on any atom is -0.481 e. The van der Waals surface area contributed by atoms with Crippen LogP contribution in [0.1, 0.15) is 112 Å². The molecule has 0 aromatic carbocycles. The minimum atomic E-state index is -1.40. The van der Waals surface area contributed by atoms with Gasteiger partial charge in [-0.25, -0.2) is 0 Å². The van der Waals surface area contributed by atoms with Crippen molar-refractivity contribution in [2.45, 2.75) is 141 Å². The van der Waals surface area contributed by atoms with Gasteiger partial charge in [0.15, 0.2) is 0 Å². The third-order valence-electron chi connectivity index (χ3n) is 9.68. The highest BCUT2D eigenvalue weighted by Gasteiger charge is 2.38. The van der Waals surface area contributed by atoms with Crippen LogP contribution in [0.4, 0.5) is 0 Å². The Hall–Kier alpha value is -7.21. The molecule has 0 saturated carbocycles. The van der Waals surface area contributed by atoms with Crippen LogP contribution in [0.25, 0.3) is 0 Å². The smallest absolute Gasteiger partial charge is 0.314 e. The monoisotopic (exact) mass is 1010 g/mol. The summed E-state index contributed by atoms with van der Waals surface area (Å²) in [6.07, 6.45) is 1.49. The van der Waals surface area contributed by atoms with Gasteiger partial charge in [0.05, 0.1) is 25.3 Å². The number of nitrogens with zero attached hydrogens (tertiary/aromatic N) is 6. The largest absolute Gasteiger partial charge is 0.481 e. The molecular formula is C38H58N6O24S. The first-order chi connectivity index (χ1) is 31.6. The van der Waals surface area contributed by atoms with Crippen LogP contribution in [0.2, 0.25) is 0 Å². The lowest BCUT2D eigenvalue weighted by Crippen LogP contribution is -2.37. The molecule has 0 heterocycles. The molecule has 0 bridgehead atoms. The van der Waals surface area contributed by atoms with Crippen molar-refractivity contribution >= 4 is 47.6 Å². The zero-order valence-electron chi connectivity index (χ0n) is 38.3. The molecule has 0 rings (SSSR count). The molecule has 9 atom stereocenters. The van der Waals surface area contributed by atoms with Gasteiger partial charge in [0.2, 0.25) is 18.1 Å². The third-order valence-corrected chi connectivity index (χ3v) is 11.2. The van der Waals surface area contributed by atoms with Crippen molar-refractivity contribution in [3.8, 4) is 0 Å². The number of hydrogen-bond donors (Lipinski definition) is 6. The topological polar surface area (TPSA) is 483 Å². The molecule has 0 aliphatic heterocycles. The van der Waals surface area contributed by atoms with Gasteiger partial charge in [-0.15, -0.1) is 11.8 Å². The molecule has 6 N–H and O–H groups in total. The molecule has 0 spiro atoms. The minimum absolute atomic E-state index is 0.00525. The number of rotatable bonds is 33. The fourth-order valence-electron chi connectivity index (χ4n) is 6.24. The number of allylic oxidation sites excluding steroid dienone is 3. The lowest BCUT2D eigenvalue weighted by Gasteiger charge is -2.21. The van der Waals surface area contributed by atoms with Crippen molar-refractivity contribution in [2.75, 3.05) is 0 Å². The number of nitro groups is 6. The predicted molar refractivity (Wildman–Crippen MR) is 237 cm³/mol. The normalized spacial score (nSPS) is 15.5. The quantitative estimate of drug-likeness (QED) is 0.0362. The van der Waals surface area contributed by atoms with Gasteiger partial charge in [-0.3, -0.25) is 89.5 Å². The average molecular weight is 1010 g/mol. The van der Waals surface area contributed by atoms with Crippen LogP contribution in [0.5, 0.6) is 0 Å². The summed E-state index contributed by atoms with van der Waals surface area (Å²) >= 11 is 0.846. The van der Waals surface area contributed by atoms with Crippen molar-refractivity contribution in [1.82, 2.24) is 0 Å². The number of carboxylic acid groups (broad SMARTS) is 6. The highest BCUT2D eigenvalue weighted by Crippen LogP contribution is 2.28. The highest BCUT2D eigenvalue weighted by atomic mass is 32.2. The number of carbonyl (C=O) groups is 6. The Bertz CT molecular complexity index is 1850. The maximum Gasteiger partial charge on any atom is 0.314 e. The van der Waals surface area contributed by atoms with E-state index in [1.807, 2.05) is 13.8 Å². The summed E-state index contributed by atoms with van der Waals surface area (Å²) in [5.41, 5.74) is -1.18. The van der Waals surface area contributed by atoms with Gasteiger partial charge in [-0.1, -0.05) is 27.7 Å². The van der Waals surface area contributed by atoms with Gasteiger partial charge in [0.25, 0.3) is 17.1 Å². The summed E-state index contributed by atoms with van der Waals surface area (Å²) in [5, 5.41) is 115. The Morgan fingerprint density at radius 1 is 0.420 bits per heavy atom. The van der Waals surface area contributed by atoms with Crippen LogP contribution in [-0.2, 0) is 28.8 Å². The summed E-state index contributed by atoms with van der Waals surface area (Å²) in [4.78, 5) is 124. The maximum atomic E-state index is 10.9. The van der Waals surface area contributed by atoms with Crippen molar-refractivity contribution < 1.29 is 88.9 Å². The van der Waals surface area contributed by atoms with E-state index < -0.39 is 144 Å². The fourth-order valence-corrected chi connectivity index (χ4v) is 7.67. The Kier molecular flexibility index (Phi) is 32.7. The van der Waals surface area contributed by atoms with E-state index in [0.29, 0.717) is 25.7 Å². The zero-order valence-corrected chi connectivity index (χ0v) is 39.1. The molecule has 0 fully saturated rings. The second kappa shape index (κ2) is 34.1. The van der Waals surface area contributed by atoms with Gasteiger partial charge >= 0.3 is 35.8 Å². The number of thioether (sulfide) groups is 1. The van der Waals surface area contributed by atoms with Gasteiger partial charge < -0.3 is 30.6 Å². The van der Waals surface area contributed by atoms with Crippen LogP contribution in [-0.4, -0.2) is 125 Å². The molecule has 31 heteroatoms. The van der Waals surface area contributed by atoms with Gasteiger partial charge in [-0.05, 0) is 81.9 Å². The molecule has 0 saturated heterocycles. The van der Waals surface area contributed by atoms with Crippen molar-refractivity contribution in [2.24, 2.45) is 23.7 Å². The van der Waals surface area contributed by atoms with Crippen LogP contribution < -0.4 is 0 Å². The zero-order chi connectivity index (χ0) is 54.5. The number of carboxylic acids is 6. The molecule has 0 radical (unpaired) electrons. The van der Waals surface area contributed by atoms with E-state index in [4.69, 9.17) is 30.6 Å². The molecule has 0 amide bonds. The summed E-state index contributed by atoms with van der Waals surface area (Å²) in [6.45, 7) is 9.73. The van der Waals surface area contributed by atoms with Gasteiger partial charge in [-0.2, -0.15) is 0 Å². The van der Waals surface area contributed by atoms with E-state index in [2.05, 4.69) is 0 Å².